The van der Waals surface area contributed by atoms with Gasteiger partial charge in [-0.3, -0.25) is 0 Å². The molecule has 0 amide bonds. The lowest BCUT2D eigenvalue weighted by molar-refractivity contribution is 0.615. The zero-order chi connectivity index (χ0) is 12.3. The molecule has 17 heavy (non-hydrogen) atoms. The van der Waals surface area contributed by atoms with Crippen LogP contribution in [0, 0.1) is 13.8 Å². The highest BCUT2D eigenvalue weighted by molar-refractivity contribution is 7.07. The van der Waals surface area contributed by atoms with Gasteiger partial charge in [0, 0.05) is 5.38 Å². The van der Waals surface area contributed by atoms with Crippen LogP contribution in [0.15, 0.2) is 29.1 Å². The Bertz CT molecular complexity index is 477. The average molecular weight is 246 g/mol. The number of thiazole rings is 1. The smallest absolute Gasteiger partial charge is 0.0795 e. The number of aromatic nitrogens is 1. The number of hydrogen-bond acceptors (Lipinski definition) is 3. The third kappa shape index (κ3) is 2.56. The summed E-state index contributed by atoms with van der Waals surface area (Å²) in [6, 6.07) is 6.68. The maximum absolute atomic E-state index is 4.44. The molecule has 1 atom stereocenters. The lowest BCUT2D eigenvalue weighted by atomic mass is 9.96. The van der Waals surface area contributed by atoms with Crippen molar-refractivity contribution in [3.05, 3.63) is 51.5 Å². The van der Waals surface area contributed by atoms with Gasteiger partial charge in [-0.2, -0.15) is 0 Å². The van der Waals surface area contributed by atoms with Crippen molar-refractivity contribution in [2.75, 3.05) is 6.54 Å². The summed E-state index contributed by atoms with van der Waals surface area (Å²) >= 11 is 1.65. The van der Waals surface area contributed by atoms with Crippen LogP contribution < -0.4 is 5.32 Å². The first-order valence-electron chi connectivity index (χ1n) is 5.91. The molecule has 2 nitrogen and oxygen atoms in total. The summed E-state index contributed by atoms with van der Waals surface area (Å²) in [5, 5.41) is 5.63. The van der Waals surface area contributed by atoms with Gasteiger partial charge in [-0.15, -0.1) is 11.3 Å². The number of aryl methyl sites for hydroxylation is 1. The molecule has 0 saturated heterocycles. The van der Waals surface area contributed by atoms with E-state index in [1.165, 1.54) is 16.7 Å². The molecule has 0 spiro atoms. The topological polar surface area (TPSA) is 24.9 Å². The fraction of sp³-hybridized carbons (Fsp3) is 0.357. The van der Waals surface area contributed by atoms with E-state index in [0.717, 1.165) is 12.2 Å². The van der Waals surface area contributed by atoms with Crippen LogP contribution >= 0.6 is 11.3 Å². The lowest BCUT2D eigenvalue weighted by Crippen LogP contribution is -2.23. The minimum Gasteiger partial charge on any atom is -0.305 e. The molecule has 1 heterocycles. The highest BCUT2D eigenvalue weighted by atomic mass is 32.1. The minimum absolute atomic E-state index is 0.214. The van der Waals surface area contributed by atoms with Gasteiger partial charge in [0.1, 0.15) is 0 Å². The van der Waals surface area contributed by atoms with Crippen molar-refractivity contribution in [1.29, 1.82) is 0 Å². The van der Waals surface area contributed by atoms with E-state index in [1.54, 1.807) is 11.3 Å². The maximum atomic E-state index is 4.44. The number of nitrogens with one attached hydrogen (secondary N) is 1. The molecule has 0 aliphatic rings. The molecule has 1 aromatic carbocycles. The summed E-state index contributed by atoms with van der Waals surface area (Å²) in [6.45, 7) is 7.41. The molecule has 0 fully saturated rings. The van der Waals surface area contributed by atoms with Crippen molar-refractivity contribution in [3.63, 3.8) is 0 Å². The van der Waals surface area contributed by atoms with Gasteiger partial charge in [0.15, 0.2) is 0 Å². The summed E-state index contributed by atoms with van der Waals surface area (Å²) in [6.07, 6.45) is 0. The first kappa shape index (κ1) is 12.3. The first-order chi connectivity index (χ1) is 8.24. The molecule has 0 aliphatic carbocycles. The fourth-order valence-corrected chi connectivity index (χ4v) is 2.61. The second-order valence-corrected chi connectivity index (χ2v) is 4.91. The quantitative estimate of drug-likeness (QED) is 0.893. The molecule has 2 aromatic rings. The minimum atomic E-state index is 0.214. The lowest BCUT2D eigenvalue weighted by Gasteiger charge is -2.19. The Morgan fingerprint density at radius 3 is 2.82 bits per heavy atom. The van der Waals surface area contributed by atoms with Gasteiger partial charge in [0.05, 0.1) is 17.2 Å². The zero-order valence-electron chi connectivity index (χ0n) is 10.5. The summed E-state index contributed by atoms with van der Waals surface area (Å²) in [5.74, 6) is 0. The maximum Gasteiger partial charge on any atom is 0.0795 e. The molecule has 0 aliphatic heterocycles. The summed E-state index contributed by atoms with van der Waals surface area (Å²) in [7, 11) is 0. The fourth-order valence-electron chi connectivity index (χ4n) is 2.03. The van der Waals surface area contributed by atoms with E-state index in [0.29, 0.717) is 0 Å². The molecule has 90 valence electrons. The number of nitrogens with zero attached hydrogens (tertiary/aromatic N) is 1. The largest absolute Gasteiger partial charge is 0.305 e. The summed E-state index contributed by atoms with van der Waals surface area (Å²) < 4.78 is 0. The van der Waals surface area contributed by atoms with Crippen molar-refractivity contribution in [2.24, 2.45) is 0 Å². The zero-order valence-corrected chi connectivity index (χ0v) is 11.3. The van der Waals surface area contributed by atoms with Crippen molar-refractivity contribution in [3.8, 4) is 0 Å². The molecule has 3 heteroatoms. The van der Waals surface area contributed by atoms with Crippen molar-refractivity contribution < 1.29 is 0 Å². The van der Waals surface area contributed by atoms with Gasteiger partial charge in [-0.25, -0.2) is 4.98 Å². The molecule has 1 aromatic heterocycles. The molecular formula is C14H18N2S. The number of hydrogen-bond donors (Lipinski definition) is 1. The third-order valence-corrected chi connectivity index (χ3v) is 3.72. The van der Waals surface area contributed by atoms with E-state index < -0.39 is 0 Å². The Morgan fingerprint density at radius 2 is 2.18 bits per heavy atom. The Labute approximate surface area is 107 Å². The average Bonchev–Trinajstić information content (AvgIpc) is 2.84. The summed E-state index contributed by atoms with van der Waals surface area (Å²) in [5.41, 5.74) is 7.03. The van der Waals surface area contributed by atoms with Gasteiger partial charge >= 0.3 is 0 Å². The van der Waals surface area contributed by atoms with Crippen molar-refractivity contribution >= 4 is 11.3 Å². The second-order valence-electron chi connectivity index (χ2n) is 4.19. The Morgan fingerprint density at radius 1 is 1.35 bits per heavy atom. The van der Waals surface area contributed by atoms with Gasteiger partial charge < -0.3 is 5.32 Å². The molecule has 1 unspecified atom stereocenters. The molecule has 0 saturated carbocycles. The Balaban J connectivity index is 2.43. The first-order valence-corrected chi connectivity index (χ1v) is 6.86. The van der Waals surface area contributed by atoms with Crippen LogP contribution in [-0.2, 0) is 0 Å². The highest BCUT2D eigenvalue weighted by Gasteiger charge is 2.17. The van der Waals surface area contributed by atoms with E-state index in [9.17, 15) is 0 Å². The second kappa shape index (κ2) is 5.43. The Kier molecular flexibility index (Phi) is 3.92. The summed E-state index contributed by atoms with van der Waals surface area (Å²) in [4.78, 5) is 4.44. The number of benzene rings is 1. The van der Waals surface area contributed by atoms with E-state index in [-0.39, 0.29) is 6.04 Å². The molecule has 0 bridgehead atoms. The van der Waals surface area contributed by atoms with Crippen LogP contribution in [0.1, 0.15) is 35.3 Å². The molecule has 2 rings (SSSR count). The third-order valence-electron chi connectivity index (χ3n) is 3.11. The SMILES string of the molecule is CCNC(c1cscn1)c1cccc(C)c1C. The molecule has 1 N–H and O–H groups in total. The van der Waals surface area contributed by atoms with Crippen LogP contribution in [0.5, 0.6) is 0 Å². The standard InChI is InChI=1S/C14H18N2S/c1-4-15-14(13-8-17-9-16-13)12-7-5-6-10(2)11(12)3/h5-9,14-15H,4H2,1-3H3. The van der Waals surface area contributed by atoms with E-state index in [2.05, 4.69) is 54.7 Å². The van der Waals surface area contributed by atoms with Crippen molar-refractivity contribution in [2.45, 2.75) is 26.8 Å². The van der Waals surface area contributed by atoms with Crippen molar-refractivity contribution in [1.82, 2.24) is 10.3 Å². The van der Waals surface area contributed by atoms with Crippen LogP contribution in [0.4, 0.5) is 0 Å². The Hall–Kier alpha value is -1.19. The van der Waals surface area contributed by atoms with Gasteiger partial charge in [-0.05, 0) is 37.1 Å². The molecule has 0 radical (unpaired) electrons. The predicted octanol–water partition coefficient (Wildman–Crippen LogP) is 3.46. The van der Waals surface area contributed by atoms with Gasteiger partial charge in [0.25, 0.3) is 0 Å². The van der Waals surface area contributed by atoms with Gasteiger partial charge in [0.2, 0.25) is 0 Å². The van der Waals surface area contributed by atoms with Crippen LogP contribution in [0.2, 0.25) is 0 Å². The van der Waals surface area contributed by atoms with Crippen LogP contribution in [-0.4, -0.2) is 11.5 Å². The van der Waals surface area contributed by atoms with E-state index in [1.807, 2.05) is 5.51 Å². The normalized spacial score (nSPS) is 12.6. The predicted molar refractivity (Wildman–Crippen MR) is 73.5 cm³/mol. The van der Waals surface area contributed by atoms with Crippen LogP contribution in [0.3, 0.4) is 0 Å². The number of rotatable bonds is 4. The van der Waals surface area contributed by atoms with E-state index in [4.69, 9.17) is 0 Å². The van der Waals surface area contributed by atoms with E-state index >= 15 is 0 Å². The highest BCUT2D eigenvalue weighted by Crippen LogP contribution is 2.26. The van der Waals surface area contributed by atoms with Crippen LogP contribution in [0.25, 0.3) is 0 Å². The van der Waals surface area contributed by atoms with Gasteiger partial charge in [-0.1, -0.05) is 25.1 Å². The molecular weight excluding hydrogens is 228 g/mol. The monoisotopic (exact) mass is 246 g/mol.